The van der Waals surface area contributed by atoms with E-state index in [1.807, 2.05) is 52.7 Å². The number of alkyl halides is 3. The lowest BCUT2D eigenvalue weighted by Crippen LogP contribution is -2.33. The van der Waals surface area contributed by atoms with Crippen molar-refractivity contribution in [3.8, 4) is 0 Å². The lowest BCUT2D eigenvalue weighted by Gasteiger charge is -2.42. The summed E-state index contributed by atoms with van der Waals surface area (Å²) < 4.78 is 43.4. The molecule has 0 amide bonds. The fourth-order valence-corrected chi connectivity index (χ4v) is 4.69. The highest BCUT2D eigenvalue weighted by Gasteiger charge is 2.32. The van der Waals surface area contributed by atoms with Gasteiger partial charge in [0.2, 0.25) is 0 Å². The van der Waals surface area contributed by atoms with E-state index >= 15 is 0 Å². The van der Waals surface area contributed by atoms with Crippen molar-refractivity contribution in [3.05, 3.63) is 148 Å². The van der Waals surface area contributed by atoms with Crippen LogP contribution in [0, 0.1) is 12.7 Å². The molecule has 4 rings (SSSR count). The van der Waals surface area contributed by atoms with Gasteiger partial charge < -0.3 is 19.8 Å². The van der Waals surface area contributed by atoms with Crippen LogP contribution in [-0.4, -0.2) is 31.7 Å². The second-order valence-electron chi connectivity index (χ2n) is 9.92. The topological polar surface area (TPSA) is 49.4 Å². The first-order valence-electron chi connectivity index (χ1n) is 14.8. The molecular formula is C38H48ClF4N2O2P. The summed E-state index contributed by atoms with van der Waals surface area (Å²) in [5, 5.41) is 5.07. The quantitative estimate of drug-likeness (QED) is 0.205. The first-order valence-corrected chi connectivity index (χ1v) is 15.8. The van der Waals surface area contributed by atoms with Gasteiger partial charge >= 0.3 is 6.18 Å². The molecule has 1 N–H and O–H groups in total. The van der Waals surface area contributed by atoms with E-state index in [-0.39, 0.29) is 24.7 Å². The molecular weight excluding hydrogens is 659 g/mol. The maximum Gasteiger partial charge on any atom is 0.386 e. The van der Waals surface area contributed by atoms with Gasteiger partial charge in [0.15, 0.2) is 0 Å². The number of benzene rings is 3. The average Bonchev–Trinajstić information content (AvgIpc) is 3.07. The van der Waals surface area contributed by atoms with Crippen LogP contribution >= 0.6 is 20.8 Å². The van der Waals surface area contributed by atoms with Gasteiger partial charge in [-0.3, -0.25) is 0 Å². The van der Waals surface area contributed by atoms with Crippen LogP contribution in [-0.2, 0) is 9.59 Å². The summed E-state index contributed by atoms with van der Waals surface area (Å²) in [6.45, 7) is 22.9. The number of aryl methyl sites for hydroxylation is 1. The van der Waals surface area contributed by atoms with E-state index < -0.39 is 6.18 Å². The largest absolute Gasteiger partial charge is 0.388 e. The van der Waals surface area contributed by atoms with E-state index in [0.29, 0.717) is 5.56 Å². The number of nitrogens with zero attached hydrogens (tertiary/aromatic N) is 1. The normalized spacial score (nSPS) is 12.8. The van der Waals surface area contributed by atoms with Crippen molar-refractivity contribution in [1.29, 1.82) is 0 Å². The molecule has 3 aromatic carbocycles. The minimum Gasteiger partial charge on any atom is -0.388 e. The van der Waals surface area contributed by atoms with E-state index in [2.05, 4.69) is 95.0 Å². The second-order valence-corrected chi connectivity index (χ2v) is 11.0. The van der Waals surface area contributed by atoms with Crippen LogP contribution in [0.4, 0.5) is 17.6 Å². The molecule has 0 fully saturated rings. The molecule has 0 saturated carbocycles. The molecule has 1 heterocycles. The second kappa shape index (κ2) is 24.2. The first kappa shape index (κ1) is 46.1. The Kier molecular flexibility index (Phi) is 23.2. The molecule has 3 atom stereocenters. The van der Waals surface area contributed by atoms with Crippen LogP contribution in [0.2, 0.25) is 5.02 Å². The highest BCUT2D eigenvalue weighted by Crippen LogP contribution is 2.43. The minimum atomic E-state index is -4.00. The molecule has 0 radical (unpaired) electrons. The van der Waals surface area contributed by atoms with Crippen molar-refractivity contribution in [3.63, 3.8) is 0 Å². The Morgan fingerprint density at radius 1 is 0.875 bits per heavy atom. The number of rotatable bonds is 6. The third-order valence-electron chi connectivity index (χ3n) is 6.60. The molecule has 4 nitrogen and oxygen atoms in total. The van der Waals surface area contributed by atoms with Gasteiger partial charge in [-0.05, 0) is 66.2 Å². The molecule has 0 aliphatic carbocycles. The maximum absolute atomic E-state index is 12.3. The Morgan fingerprint density at radius 3 is 1.75 bits per heavy atom. The Hall–Kier alpha value is -4.00. The first-order chi connectivity index (χ1) is 22.6. The molecule has 0 aromatic heterocycles. The van der Waals surface area contributed by atoms with Gasteiger partial charge in [-0.25, -0.2) is 4.39 Å². The molecule has 1 unspecified atom stereocenters. The van der Waals surface area contributed by atoms with Crippen molar-refractivity contribution in [2.24, 2.45) is 0 Å². The summed E-state index contributed by atoms with van der Waals surface area (Å²) in [5.74, 6) is 0.0810. The van der Waals surface area contributed by atoms with Crippen molar-refractivity contribution in [2.75, 3.05) is 7.05 Å². The molecule has 48 heavy (non-hydrogen) atoms. The number of hydrogen-bond donors (Lipinski definition) is 1. The maximum atomic E-state index is 12.3. The fourth-order valence-electron chi connectivity index (χ4n) is 4.37. The van der Waals surface area contributed by atoms with Gasteiger partial charge in [0.05, 0.1) is 6.04 Å². The van der Waals surface area contributed by atoms with Crippen LogP contribution in [0.25, 0.3) is 0 Å². The predicted molar refractivity (Wildman–Crippen MR) is 198 cm³/mol. The van der Waals surface area contributed by atoms with Gasteiger partial charge in [0, 0.05) is 47.6 Å². The van der Waals surface area contributed by atoms with Crippen molar-refractivity contribution in [2.45, 2.75) is 59.7 Å². The van der Waals surface area contributed by atoms with Crippen molar-refractivity contribution >= 4 is 39.7 Å². The molecule has 3 aromatic rings. The summed E-state index contributed by atoms with van der Waals surface area (Å²) in [4.78, 5) is 18.3. The predicted octanol–water partition coefficient (Wildman–Crippen LogP) is 10.4. The number of hydrogen-bond acceptors (Lipinski definition) is 4. The van der Waals surface area contributed by atoms with Crippen molar-refractivity contribution in [1.82, 2.24) is 10.2 Å². The molecule has 262 valence electrons. The highest BCUT2D eigenvalue weighted by molar-refractivity contribution is 7.27. The lowest BCUT2D eigenvalue weighted by molar-refractivity contribution is -0.110. The zero-order chi connectivity index (χ0) is 37.6. The van der Waals surface area contributed by atoms with Gasteiger partial charge in [-0.1, -0.05) is 100 Å². The molecule has 0 spiro atoms. The van der Waals surface area contributed by atoms with Gasteiger partial charge in [-0.15, -0.1) is 9.24 Å². The Balaban J connectivity index is 0. The monoisotopic (exact) mass is 706 g/mol. The van der Waals surface area contributed by atoms with E-state index in [1.54, 1.807) is 19.1 Å². The summed E-state index contributed by atoms with van der Waals surface area (Å²) in [5.41, 5.74) is 7.17. The molecule has 10 heteroatoms. The van der Waals surface area contributed by atoms with Crippen LogP contribution in [0.1, 0.15) is 63.3 Å². The third kappa shape index (κ3) is 16.2. The standard InChI is InChI=1S/C25H28ClN2P.C7H7F.C2H3F3.C2H6.2CH2O/c1-16-6-15-24(18(3)27-5)19(4)28(16)25(21-9-13-23(29)14-10-21)17(2)20-7-11-22(26)12-8-20;1-6-4-2-3-5-7(6)8;1-2(3,4)5;3*1-2/h6-15,17,25,27H,3-4,29H2,1-2,5H3;2-5H,1H3;1H3;1-2H3;2*1H2/t17-,25-;;;;;/m1...../s1. The van der Waals surface area contributed by atoms with Gasteiger partial charge in [-0.2, -0.15) is 13.2 Å². The number of nitrogens with one attached hydrogen (secondary N) is 1. The van der Waals surface area contributed by atoms with Crippen LogP contribution in [0.3, 0.4) is 0 Å². The van der Waals surface area contributed by atoms with E-state index in [4.69, 9.17) is 21.2 Å². The summed E-state index contributed by atoms with van der Waals surface area (Å²) >= 11 is 6.14. The van der Waals surface area contributed by atoms with Crippen LogP contribution in [0.5, 0.6) is 0 Å². The Labute approximate surface area is 291 Å². The molecule has 1 aliphatic heterocycles. The summed E-state index contributed by atoms with van der Waals surface area (Å²) in [6.07, 6.45) is 0.223. The van der Waals surface area contributed by atoms with E-state index in [0.717, 1.165) is 27.7 Å². The SMILES string of the molecule is C=C(NC)C1=CC=C(C)N([C@@H](c2ccc(P)cc2)[C@H](C)c2ccc(Cl)cc2)C1=C.C=O.C=O.CC.CC(F)(F)F.Cc1ccccc1F. The third-order valence-corrected chi connectivity index (χ3v) is 7.24. The zero-order valence-corrected chi connectivity index (χ0v) is 30.7. The highest BCUT2D eigenvalue weighted by atomic mass is 35.5. The number of carbonyl (C=O) groups is 2. The minimum absolute atomic E-state index is 0.0823. The Morgan fingerprint density at radius 2 is 1.33 bits per heavy atom. The van der Waals surface area contributed by atoms with Crippen molar-refractivity contribution < 1.29 is 27.2 Å². The molecule has 0 saturated heterocycles. The molecule has 0 bridgehead atoms. The lowest BCUT2D eigenvalue weighted by atomic mass is 9.85. The zero-order valence-electron chi connectivity index (χ0n) is 28.8. The number of allylic oxidation sites excluding steroid dienone is 3. The van der Waals surface area contributed by atoms with Crippen LogP contribution < -0.4 is 10.6 Å². The van der Waals surface area contributed by atoms with Gasteiger partial charge in [0.1, 0.15) is 19.4 Å². The Bertz CT molecular complexity index is 1430. The smallest absolute Gasteiger partial charge is 0.386 e. The van der Waals surface area contributed by atoms with E-state index in [9.17, 15) is 17.6 Å². The number of halogens is 5. The van der Waals surface area contributed by atoms with E-state index in [1.165, 1.54) is 22.5 Å². The van der Waals surface area contributed by atoms with Crippen LogP contribution in [0.15, 0.2) is 121 Å². The molecule has 1 aliphatic rings. The number of carbonyl (C=O) groups excluding carboxylic acids is 2. The number of likely N-dealkylation sites (N-methyl/N-ethyl adjacent to an activating group) is 1. The summed E-state index contributed by atoms with van der Waals surface area (Å²) in [6, 6.07) is 23.6. The summed E-state index contributed by atoms with van der Waals surface area (Å²) in [7, 11) is 4.64. The fraction of sp³-hybridized carbons (Fsp3) is 0.263. The average molecular weight is 707 g/mol. The van der Waals surface area contributed by atoms with Gasteiger partial charge in [0.25, 0.3) is 0 Å².